The van der Waals surface area contributed by atoms with Gasteiger partial charge in [-0.2, -0.15) is 0 Å². The van der Waals surface area contributed by atoms with Crippen molar-refractivity contribution in [2.75, 3.05) is 0 Å². The van der Waals surface area contributed by atoms with Crippen molar-refractivity contribution in [2.24, 2.45) is 0 Å². The molecule has 0 spiro atoms. The largest absolute Gasteiger partial charge is 0.263 e. The molecule has 4 heavy (non-hydrogen) atoms. The lowest BCUT2D eigenvalue weighted by atomic mass is 16.0. The Hall–Kier alpha value is 0.610. The second-order valence-electron chi connectivity index (χ2n) is 0.213. The average molecular weight is 114 g/mol. The fourth-order valence-corrected chi connectivity index (χ4v) is 0. The lowest BCUT2D eigenvalue weighted by Gasteiger charge is -1.33. The van der Waals surface area contributed by atoms with Gasteiger partial charge in [0.15, 0.2) is 0 Å². The molecule has 1 atom stereocenters. The van der Waals surface area contributed by atoms with Crippen LogP contribution in [0.2, 0.25) is 0 Å². The molecule has 4 heteroatoms. The molecule has 0 bridgehead atoms. The Morgan fingerprint density at radius 1 is 2.00 bits per heavy atom. The monoisotopic (exact) mass is 114 g/mol. The highest BCUT2D eigenvalue weighted by Crippen LogP contribution is 2.06. The SMILES string of the molecule is O=P(=S)Cl. The molecule has 24 valence electrons. The van der Waals surface area contributed by atoms with Crippen LogP contribution in [0.1, 0.15) is 0 Å². The van der Waals surface area contributed by atoms with Gasteiger partial charge < -0.3 is 0 Å². The first-order chi connectivity index (χ1) is 1.73. The third-order valence-corrected chi connectivity index (χ3v) is 0. The van der Waals surface area contributed by atoms with Crippen molar-refractivity contribution in [3.05, 3.63) is 0 Å². The molecule has 0 amide bonds. The van der Waals surface area contributed by atoms with Crippen molar-refractivity contribution in [3.63, 3.8) is 0 Å². The van der Waals surface area contributed by atoms with Gasteiger partial charge in [0.1, 0.15) is 0 Å². The predicted octanol–water partition coefficient (Wildman–Crippen LogP) is 1.43. The molecule has 1 nitrogen and oxygen atoms in total. The Kier molecular flexibility index (Phi) is 2.17. The van der Waals surface area contributed by atoms with Gasteiger partial charge >= 0.3 is 0 Å². The van der Waals surface area contributed by atoms with Crippen molar-refractivity contribution in [1.82, 2.24) is 0 Å². The van der Waals surface area contributed by atoms with E-state index >= 15 is 0 Å². The Morgan fingerprint density at radius 3 is 2.00 bits per heavy atom. The topological polar surface area (TPSA) is 17.1 Å². The van der Waals surface area contributed by atoms with Crippen LogP contribution in [0.15, 0.2) is 0 Å². The fourth-order valence-electron chi connectivity index (χ4n) is 0. The van der Waals surface area contributed by atoms with Gasteiger partial charge in [-0.3, -0.25) is 4.57 Å². The molecule has 0 saturated heterocycles. The molecule has 0 aliphatic heterocycles. The maximum absolute atomic E-state index is 9.17. The molecule has 0 N–H and O–H groups in total. The van der Waals surface area contributed by atoms with E-state index in [-0.39, 0.29) is 0 Å². The van der Waals surface area contributed by atoms with Crippen molar-refractivity contribution in [1.29, 1.82) is 0 Å². The molecule has 0 aliphatic rings. The summed E-state index contributed by atoms with van der Waals surface area (Å²) >= 11 is 8.49. The smallest absolute Gasteiger partial charge is 0.252 e. The van der Waals surface area contributed by atoms with Gasteiger partial charge in [0, 0.05) is 0 Å². The van der Waals surface area contributed by atoms with E-state index in [1.807, 2.05) is 0 Å². The Balaban J connectivity index is 3.51. The zero-order chi connectivity index (χ0) is 3.58. The molecular weight excluding hydrogens is 114 g/mol. The van der Waals surface area contributed by atoms with Crippen LogP contribution >= 0.6 is 17.2 Å². The van der Waals surface area contributed by atoms with Crippen LogP contribution in [0.3, 0.4) is 0 Å². The second-order valence-corrected chi connectivity index (χ2v) is 3.16. The summed E-state index contributed by atoms with van der Waals surface area (Å²) in [7, 11) is 0. The van der Waals surface area contributed by atoms with Crippen molar-refractivity contribution >= 4 is 29.0 Å². The summed E-state index contributed by atoms with van der Waals surface area (Å²) in [6.07, 6.45) is 0. The molecule has 0 radical (unpaired) electrons. The third kappa shape index (κ3) is 18.2. The second kappa shape index (κ2) is 1.89. The molecule has 0 aromatic rings. The van der Waals surface area contributed by atoms with E-state index < -0.39 is 5.93 Å². The van der Waals surface area contributed by atoms with E-state index in [1.54, 1.807) is 0 Å². The summed E-state index contributed by atoms with van der Waals surface area (Å²) in [6.45, 7) is 0. The highest BCUT2D eigenvalue weighted by atomic mass is 35.7. The van der Waals surface area contributed by atoms with E-state index in [0.717, 1.165) is 0 Å². The van der Waals surface area contributed by atoms with Crippen LogP contribution in [0.5, 0.6) is 0 Å². The van der Waals surface area contributed by atoms with Crippen LogP contribution < -0.4 is 0 Å². The zero-order valence-electron chi connectivity index (χ0n) is 1.64. The van der Waals surface area contributed by atoms with Crippen LogP contribution in [0, 0.1) is 0 Å². The van der Waals surface area contributed by atoms with Crippen molar-refractivity contribution in [3.8, 4) is 0 Å². The molecular formula is ClOPS. The van der Waals surface area contributed by atoms with Gasteiger partial charge in [0.2, 0.25) is 0 Å². The summed E-state index contributed by atoms with van der Waals surface area (Å²) in [5, 5.41) is 0. The molecule has 0 heterocycles. The highest BCUT2D eigenvalue weighted by Gasteiger charge is 1.53. The van der Waals surface area contributed by atoms with Gasteiger partial charge in [-0.25, -0.2) is 0 Å². The zero-order valence-corrected chi connectivity index (χ0v) is 4.11. The maximum atomic E-state index is 9.17. The van der Waals surface area contributed by atoms with Gasteiger partial charge in [0.05, 0.1) is 0 Å². The summed E-state index contributed by atoms with van der Waals surface area (Å²) in [4.78, 5) is 0. The number of halogens is 1. The molecule has 0 rings (SSSR count). The molecule has 0 aliphatic carbocycles. The number of hydrogen-bond donors (Lipinski definition) is 0. The summed E-state index contributed by atoms with van der Waals surface area (Å²) in [5.74, 6) is -1.81. The predicted molar refractivity (Wildman–Crippen MR) is 20.8 cm³/mol. The Bertz CT molecular complexity index is 56.4. The van der Waals surface area contributed by atoms with Crippen LogP contribution in [0.25, 0.3) is 0 Å². The Labute approximate surface area is 34.2 Å². The molecule has 1 unspecified atom stereocenters. The third-order valence-electron chi connectivity index (χ3n) is 0. The average Bonchev–Trinajstić information content (AvgIpc) is 0.811. The lowest BCUT2D eigenvalue weighted by Crippen LogP contribution is -0.922. The number of rotatable bonds is 0. The van der Waals surface area contributed by atoms with Gasteiger partial charge in [-0.1, -0.05) is 0 Å². The van der Waals surface area contributed by atoms with Gasteiger partial charge in [0.25, 0.3) is 5.93 Å². The van der Waals surface area contributed by atoms with E-state index in [0.29, 0.717) is 0 Å². The minimum atomic E-state index is -1.81. The Morgan fingerprint density at radius 2 is 2.00 bits per heavy atom. The summed E-state index contributed by atoms with van der Waals surface area (Å²) < 4.78 is 9.17. The van der Waals surface area contributed by atoms with E-state index in [1.165, 1.54) is 0 Å². The normalized spacial score (nSPS) is 10.8. The lowest BCUT2D eigenvalue weighted by molar-refractivity contribution is 0.604. The quantitative estimate of drug-likeness (QED) is 0.443. The first-order valence-corrected chi connectivity index (χ1v) is 3.71. The first kappa shape index (κ1) is 4.61. The van der Waals surface area contributed by atoms with Gasteiger partial charge in [-0.15, -0.1) is 0 Å². The minimum Gasteiger partial charge on any atom is -0.252 e. The van der Waals surface area contributed by atoms with E-state index in [2.05, 4.69) is 23.0 Å². The van der Waals surface area contributed by atoms with E-state index in [4.69, 9.17) is 0 Å². The minimum absolute atomic E-state index is 1.81. The summed E-state index contributed by atoms with van der Waals surface area (Å²) in [6, 6.07) is 0. The van der Waals surface area contributed by atoms with Crippen molar-refractivity contribution in [2.45, 2.75) is 0 Å². The molecule has 0 fully saturated rings. The van der Waals surface area contributed by atoms with Crippen LogP contribution in [0.4, 0.5) is 0 Å². The molecule has 0 saturated carbocycles. The number of hydrogen-bond acceptors (Lipinski definition) is 2. The standard InChI is InChI=1S/ClOPS/c1-3(2)4. The maximum Gasteiger partial charge on any atom is 0.263 e. The molecule has 0 aromatic carbocycles. The molecule has 0 aromatic heterocycles. The highest BCUT2D eigenvalue weighted by molar-refractivity contribution is 8.11. The van der Waals surface area contributed by atoms with Crippen molar-refractivity contribution < 1.29 is 4.57 Å². The van der Waals surface area contributed by atoms with Crippen LogP contribution in [-0.2, 0) is 16.4 Å². The van der Waals surface area contributed by atoms with E-state index in [9.17, 15) is 4.57 Å². The summed E-state index contributed by atoms with van der Waals surface area (Å²) in [5.41, 5.74) is 0. The van der Waals surface area contributed by atoms with Crippen LogP contribution in [-0.4, -0.2) is 0 Å². The first-order valence-electron chi connectivity index (χ1n) is 0.534. The van der Waals surface area contributed by atoms with Gasteiger partial charge in [-0.05, 0) is 23.0 Å². The fraction of sp³-hybridized carbons (Fsp3) is 0.